The zero-order chi connectivity index (χ0) is 53.6. The second-order valence-corrected chi connectivity index (χ2v) is 18.5. The first-order valence-electron chi connectivity index (χ1n) is 24.3. The van der Waals surface area contributed by atoms with E-state index in [1.165, 1.54) is 0 Å². The molecule has 6 rings (SSSR count). The molecule has 0 heterocycles. The summed E-state index contributed by atoms with van der Waals surface area (Å²) in [5.41, 5.74) is 4.40. The molecule has 75 heavy (non-hydrogen) atoms. The lowest BCUT2D eigenvalue weighted by atomic mass is 9.95. The highest BCUT2D eigenvalue weighted by molar-refractivity contribution is 5.90. The smallest absolute Gasteiger partial charge is 0.408 e. The number of carboxylic acid groups (broad SMARTS) is 1. The molecule has 0 fully saturated rings. The molecule has 6 N–H and O–H groups in total. The first kappa shape index (κ1) is 55.6. The van der Waals surface area contributed by atoms with Crippen LogP contribution in [0.4, 0.5) is 14.4 Å². The van der Waals surface area contributed by atoms with Crippen molar-refractivity contribution in [3.8, 4) is 16.9 Å². The van der Waals surface area contributed by atoms with E-state index >= 15 is 0 Å². The Kier molecular flexibility index (Phi) is 20.7. The molecule has 0 saturated heterocycles. The molecule has 0 aromatic heterocycles. The Morgan fingerprint density at radius 1 is 0.507 bits per heavy atom. The number of carboxylic acids is 1. The van der Waals surface area contributed by atoms with E-state index in [9.17, 15) is 39.0 Å². The number of alkyl carbamates (subject to hydrolysis) is 3. The van der Waals surface area contributed by atoms with E-state index in [4.69, 9.17) is 23.7 Å². The van der Waals surface area contributed by atoms with Gasteiger partial charge >= 0.3 is 30.2 Å². The van der Waals surface area contributed by atoms with Crippen LogP contribution in [0.5, 0.6) is 5.75 Å². The molecular weight excluding hydrogens is 961 g/mol. The van der Waals surface area contributed by atoms with Gasteiger partial charge < -0.3 is 55.2 Å². The lowest BCUT2D eigenvalue weighted by Crippen LogP contribution is -2.54. The zero-order valence-electron chi connectivity index (χ0n) is 41.9. The number of carbonyl (C=O) groups excluding carboxylic acids is 5. The molecule has 0 bridgehead atoms. The molecule has 6 aromatic carbocycles. The molecule has 17 nitrogen and oxygen atoms in total. The number of hydrogen-bond donors (Lipinski definition) is 6. The first-order valence-corrected chi connectivity index (χ1v) is 24.3. The highest BCUT2D eigenvalue weighted by Crippen LogP contribution is 2.30. The number of nitrogens with one attached hydrogen (secondary N) is 4. The predicted molar refractivity (Wildman–Crippen MR) is 278 cm³/mol. The normalized spacial score (nSPS) is 12.6. The fourth-order valence-corrected chi connectivity index (χ4v) is 7.54. The van der Waals surface area contributed by atoms with Gasteiger partial charge in [-0.1, -0.05) is 152 Å². The average Bonchev–Trinajstić information content (AvgIpc) is 3.40. The molecular formula is C58H62N4O13. The van der Waals surface area contributed by atoms with E-state index in [2.05, 4.69) is 21.3 Å². The maximum atomic E-state index is 14.3. The van der Waals surface area contributed by atoms with E-state index in [1.807, 2.05) is 54.6 Å². The SMILES string of the molecule is CC(C)(C)OC(=O)N[C@@H](C[C@@H](O)CNC(=O)OCc1ccccc1)C(=O)N[C@@H](Cc1cccc(-c2ccc(OCc3ccccc3)c(C[C@H](NC(=O)OCc3ccccc3)C(=O)O)c2)c1)C(=O)OCc1ccccc1. The van der Waals surface area contributed by atoms with Gasteiger partial charge in [-0.25, -0.2) is 24.0 Å². The molecule has 0 unspecified atom stereocenters. The summed E-state index contributed by atoms with van der Waals surface area (Å²) in [5.74, 6) is -2.57. The molecule has 6 aromatic rings. The minimum Gasteiger partial charge on any atom is -0.489 e. The molecule has 0 aliphatic heterocycles. The van der Waals surface area contributed by atoms with Crippen molar-refractivity contribution in [2.75, 3.05) is 6.54 Å². The van der Waals surface area contributed by atoms with Gasteiger partial charge in [-0.05, 0) is 77.4 Å². The van der Waals surface area contributed by atoms with Gasteiger partial charge in [-0.2, -0.15) is 0 Å². The number of hydrogen-bond acceptors (Lipinski definition) is 12. The highest BCUT2D eigenvalue weighted by Gasteiger charge is 2.32. The quantitative estimate of drug-likeness (QED) is 0.0248. The number of ether oxygens (including phenoxy) is 5. The molecule has 0 spiro atoms. The van der Waals surface area contributed by atoms with Gasteiger partial charge in [0.05, 0.1) is 6.10 Å². The topological polar surface area (TPSA) is 237 Å². The number of amides is 4. The van der Waals surface area contributed by atoms with Gasteiger partial charge in [-0.3, -0.25) is 4.79 Å². The Bertz CT molecular complexity index is 2810. The molecule has 0 aliphatic rings. The van der Waals surface area contributed by atoms with E-state index < -0.39 is 72.4 Å². The third-order valence-electron chi connectivity index (χ3n) is 11.3. The zero-order valence-corrected chi connectivity index (χ0v) is 41.9. The second kappa shape index (κ2) is 27.9. The molecule has 392 valence electrons. The second-order valence-electron chi connectivity index (χ2n) is 18.5. The van der Waals surface area contributed by atoms with Crippen LogP contribution in [-0.4, -0.2) is 82.7 Å². The van der Waals surface area contributed by atoms with Gasteiger partial charge in [0, 0.05) is 25.8 Å². The summed E-state index contributed by atoms with van der Waals surface area (Å²) in [6, 6.07) is 44.5. The standard InChI is InChI=1S/C58H62N4O13/c1-58(2,3)75-57(70)61-48(33-47(63)34-59-55(68)73-37-41-21-12-6-13-22-41)52(64)60-50(54(67)72-36-40-19-10-5-11-20-40)30-43-25-16-26-44(29-43)45-27-28-51(71-35-39-17-8-4-9-18-39)46(31-45)32-49(53(65)66)62-56(69)74-38-42-23-14-7-15-24-42/h4-29,31,47-50,63H,30,32-38H2,1-3H3,(H,59,68)(H,60,64)(H,61,70)(H,62,69)(H,65,66)/t47-,48+,49+,50+/m1/s1. The summed E-state index contributed by atoms with van der Waals surface area (Å²) < 4.78 is 28.0. The van der Waals surface area contributed by atoms with Gasteiger partial charge in [-0.15, -0.1) is 0 Å². The van der Waals surface area contributed by atoms with Crippen LogP contribution in [0.3, 0.4) is 0 Å². The van der Waals surface area contributed by atoms with Crippen LogP contribution in [0.25, 0.3) is 11.1 Å². The van der Waals surface area contributed by atoms with Crippen molar-refractivity contribution >= 4 is 36.1 Å². The largest absolute Gasteiger partial charge is 0.489 e. The van der Waals surface area contributed by atoms with Crippen LogP contribution in [0.15, 0.2) is 164 Å². The molecule has 4 amide bonds. The highest BCUT2D eigenvalue weighted by atomic mass is 16.6. The number of rotatable bonds is 24. The minimum atomic E-state index is -1.47. The number of aliphatic hydroxyl groups excluding tert-OH is 1. The van der Waals surface area contributed by atoms with Crippen LogP contribution in [0, 0.1) is 0 Å². The van der Waals surface area contributed by atoms with Crippen molar-refractivity contribution in [2.45, 2.75) is 96.3 Å². The van der Waals surface area contributed by atoms with Crippen LogP contribution in [0.2, 0.25) is 0 Å². The van der Waals surface area contributed by atoms with E-state index in [0.717, 1.165) is 16.7 Å². The third kappa shape index (κ3) is 19.3. The summed E-state index contributed by atoms with van der Waals surface area (Å²) in [5, 5.41) is 31.5. The van der Waals surface area contributed by atoms with E-state index in [-0.39, 0.29) is 45.8 Å². The van der Waals surface area contributed by atoms with Crippen LogP contribution >= 0.6 is 0 Å². The van der Waals surface area contributed by atoms with Gasteiger partial charge in [0.2, 0.25) is 5.91 Å². The minimum absolute atomic E-state index is 0.0172. The molecule has 17 heteroatoms. The molecule has 0 radical (unpaired) electrons. The lowest BCUT2D eigenvalue weighted by molar-refractivity contribution is -0.149. The summed E-state index contributed by atoms with van der Waals surface area (Å²) in [6.45, 7) is 4.55. The molecule has 4 atom stereocenters. The summed E-state index contributed by atoms with van der Waals surface area (Å²) in [6.07, 6.45) is -4.78. The van der Waals surface area contributed by atoms with Crippen molar-refractivity contribution < 1.29 is 62.7 Å². The van der Waals surface area contributed by atoms with Gasteiger partial charge in [0.1, 0.15) is 55.9 Å². The van der Waals surface area contributed by atoms with Gasteiger partial charge in [0.15, 0.2) is 0 Å². The number of benzene rings is 6. The van der Waals surface area contributed by atoms with Crippen molar-refractivity contribution in [3.63, 3.8) is 0 Å². The number of esters is 1. The number of carbonyl (C=O) groups is 6. The number of aliphatic carboxylic acids is 1. The Balaban J connectivity index is 1.23. The van der Waals surface area contributed by atoms with Crippen LogP contribution in [0.1, 0.15) is 60.6 Å². The Morgan fingerprint density at radius 3 is 1.57 bits per heavy atom. The maximum Gasteiger partial charge on any atom is 0.408 e. The third-order valence-corrected chi connectivity index (χ3v) is 11.3. The van der Waals surface area contributed by atoms with Crippen molar-refractivity contribution in [1.29, 1.82) is 0 Å². The average molecular weight is 1020 g/mol. The predicted octanol–water partition coefficient (Wildman–Crippen LogP) is 8.20. The van der Waals surface area contributed by atoms with Crippen molar-refractivity contribution in [3.05, 3.63) is 197 Å². The van der Waals surface area contributed by atoms with Crippen LogP contribution < -0.4 is 26.0 Å². The number of aliphatic hydroxyl groups is 1. The summed E-state index contributed by atoms with van der Waals surface area (Å²) >= 11 is 0. The van der Waals surface area contributed by atoms with Crippen molar-refractivity contribution in [1.82, 2.24) is 21.3 Å². The monoisotopic (exact) mass is 1020 g/mol. The molecule has 0 saturated carbocycles. The van der Waals surface area contributed by atoms with E-state index in [0.29, 0.717) is 33.6 Å². The fraction of sp³-hybridized carbons (Fsp3) is 0.276. The molecule has 0 aliphatic carbocycles. The van der Waals surface area contributed by atoms with Crippen LogP contribution in [-0.2, 0) is 72.6 Å². The first-order chi connectivity index (χ1) is 36.1. The Hall–Kier alpha value is -8.70. The fourth-order valence-electron chi connectivity index (χ4n) is 7.54. The maximum absolute atomic E-state index is 14.3. The van der Waals surface area contributed by atoms with Crippen molar-refractivity contribution in [2.24, 2.45) is 0 Å². The van der Waals surface area contributed by atoms with E-state index in [1.54, 1.807) is 130 Å². The summed E-state index contributed by atoms with van der Waals surface area (Å²) in [7, 11) is 0. The Labute approximate surface area is 435 Å². The lowest BCUT2D eigenvalue weighted by Gasteiger charge is -2.26. The Morgan fingerprint density at radius 2 is 1.01 bits per heavy atom. The van der Waals surface area contributed by atoms with Gasteiger partial charge in [0.25, 0.3) is 0 Å². The summed E-state index contributed by atoms with van der Waals surface area (Å²) in [4.78, 5) is 79.5.